The van der Waals surface area contributed by atoms with Crippen LogP contribution in [0.15, 0.2) is 136 Å². The number of hydrogen-bond acceptors (Lipinski definition) is 23. The number of aromatic nitrogens is 8. The number of nitrogens with one attached hydrogen (secondary N) is 3. The molecule has 0 atom stereocenters. The summed E-state index contributed by atoms with van der Waals surface area (Å²) in [4.78, 5) is 26.7. The van der Waals surface area contributed by atoms with Gasteiger partial charge in [0.15, 0.2) is 11.5 Å². The van der Waals surface area contributed by atoms with Crippen LogP contribution in [0.5, 0.6) is 23.0 Å². The van der Waals surface area contributed by atoms with E-state index in [1.165, 1.54) is 12.1 Å². The number of methoxy groups -OCH3 is 4. The zero-order valence-electron chi connectivity index (χ0n) is 60.9. The molecule has 0 aliphatic carbocycles. The number of piperazine rings is 1. The SMILES string of the molecule is CCCCO.COc1cc(N)c(C)cc1N1CCN(C)CC1.COc1cnn(-c2ccc(Nc3nc(Cl)ncc3Br)c(P(C)(C)=O)c2)c1.COc1cnn(-c2ccc(Nc3nc(Nc4cc(OC)c(N5CCC(N(C)C)CC5)cc4C)ncc3Br)c(P(C)(C)=O)c2)c1.Cc1ccc(S(=O)(=O)O)cc1. The minimum absolute atomic E-state index is 0.0666. The average molecular weight is 1620 g/mol. The number of hydrogen-bond donors (Lipinski definition) is 6. The highest BCUT2D eigenvalue weighted by Crippen LogP contribution is 2.43. The number of aryl methyl sites for hydroxylation is 3. The molecule has 32 heteroatoms. The first kappa shape index (κ1) is 82.5. The van der Waals surface area contributed by atoms with Gasteiger partial charge in [-0.1, -0.05) is 31.0 Å². The third kappa shape index (κ3) is 23.6. The predicted molar refractivity (Wildman–Crippen MR) is 424 cm³/mol. The van der Waals surface area contributed by atoms with Crippen molar-refractivity contribution in [1.82, 2.24) is 49.3 Å². The Bertz CT molecular complexity index is 4510. The summed E-state index contributed by atoms with van der Waals surface area (Å²) in [5, 5.41) is 28.1. The highest BCUT2D eigenvalue weighted by atomic mass is 79.9. The first-order chi connectivity index (χ1) is 48.8. The molecule has 11 rings (SSSR count). The van der Waals surface area contributed by atoms with Crippen molar-refractivity contribution in [2.24, 2.45) is 0 Å². The third-order valence-electron chi connectivity index (χ3n) is 16.8. The fourth-order valence-corrected chi connectivity index (χ4v) is 14.2. The number of nitrogens with two attached hydrogens (primary N) is 1. The Morgan fingerprint density at radius 2 is 1.13 bits per heavy atom. The van der Waals surface area contributed by atoms with Crippen molar-refractivity contribution >= 4 is 130 Å². The molecule has 4 aromatic heterocycles. The lowest BCUT2D eigenvalue weighted by atomic mass is 10.0. The summed E-state index contributed by atoms with van der Waals surface area (Å²) < 4.78 is 82.1. The van der Waals surface area contributed by atoms with E-state index < -0.39 is 24.4 Å². The van der Waals surface area contributed by atoms with E-state index in [0.29, 0.717) is 72.7 Å². The number of likely N-dealkylation sites (N-methyl/N-ethyl adjacent to an activating group) is 1. The van der Waals surface area contributed by atoms with Gasteiger partial charge in [0.2, 0.25) is 11.2 Å². The molecular weight excluding hydrogens is 1530 g/mol. The maximum absolute atomic E-state index is 13.4. The maximum atomic E-state index is 13.4. The van der Waals surface area contributed by atoms with Gasteiger partial charge in [0.1, 0.15) is 37.4 Å². The molecule has 556 valence electrons. The number of aliphatic hydroxyl groups is 1. The van der Waals surface area contributed by atoms with Crippen molar-refractivity contribution in [2.45, 2.75) is 64.3 Å². The molecule has 0 unspecified atom stereocenters. The quantitative estimate of drug-likeness (QED) is 0.0179. The number of nitrogen functional groups attached to an aromatic ring is 1. The second-order valence-electron chi connectivity index (χ2n) is 25.4. The molecule has 0 radical (unpaired) electrons. The van der Waals surface area contributed by atoms with E-state index in [0.717, 1.165) is 127 Å². The van der Waals surface area contributed by atoms with Gasteiger partial charge in [-0.3, -0.25) is 4.55 Å². The zero-order valence-corrected chi connectivity index (χ0v) is 67.5. The van der Waals surface area contributed by atoms with Crippen molar-refractivity contribution in [1.29, 1.82) is 0 Å². The number of aliphatic hydroxyl groups excluding tert-OH is 1. The van der Waals surface area contributed by atoms with Crippen LogP contribution in [0.25, 0.3) is 11.4 Å². The number of ether oxygens (including phenoxy) is 4. The van der Waals surface area contributed by atoms with Crippen LogP contribution in [-0.4, -0.2) is 196 Å². The van der Waals surface area contributed by atoms with E-state index >= 15 is 0 Å². The lowest BCUT2D eigenvalue weighted by Crippen LogP contribution is -2.44. The Balaban J connectivity index is 0.000000211. The van der Waals surface area contributed by atoms with Gasteiger partial charge in [-0.25, -0.2) is 19.3 Å². The summed E-state index contributed by atoms with van der Waals surface area (Å²) in [6.45, 7) is 21.5. The van der Waals surface area contributed by atoms with Crippen LogP contribution in [0.2, 0.25) is 5.28 Å². The summed E-state index contributed by atoms with van der Waals surface area (Å²) in [6, 6.07) is 26.0. The van der Waals surface area contributed by atoms with Crippen LogP contribution in [0.1, 0.15) is 49.3 Å². The first-order valence-corrected chi connectivity index (χ1v) is 41.6. The topological polar surface area (TPSA) is 308 Å². The first-order valence-electron chi connectivity index (χ1n) is 33.0. The number of piperidine rings is 1. The molecule has 2 aliphatic rings. The Kier molecular flexibility index (Phi) is 30.2. The molecule has 26 nitrogen and oxygen atoms in total. The van der Waals surface area contributed by atoms with Crippen LogP contribution < -0.4 is 61.0 Å². The van der Waals surface area contributed by atoms with Crippen LogP contribution >= 0.6 is 57.7 Å². The molecule has 0 saturated carbocycles. The number of anilines is 9. The summed E-state index contributed by atoms with van der Waals surface area (Å²) >= 11 is 12.8. The van der Waals surface area contributed by atoms with E-state index in [9.17, 15) is 17.5 Å². The van der Waals surface area contributed by atoms with Crippen LogP contribution in [0, 0.1) is 20.8 Å². The molecule has 103 heavy (non-hydrogen) atoms. The summed E-state index contributed by atoms with van der Waals surface area (Å²) in [5.41, 5.74) is 15.9. The molecule has 2 saturated heterocycles. The van der Waals surface area contributed by atoms with Gasteiger partial charge >= 0.3 is 0 Å². The van der Waals surface area contributed by atoms with Crippen molar-refractivity contribution in [3.05, 3.63) is 153 Å². The standard InChI is InChI=1S/C31H40BrN8O3P.C16H16BrClN5O2P.C13H21N3O.C7H8O3S.C4H10O/c1-20-14-27(39-12-10-21(11-13-39)38(2)3)28(43-5)16-26(20)36-31-33-18-24(32)30(37-31)35-25-9-8-22(15-29(25)44(6,7)41)40-19-23(42-4)17-34-40;1-25-11-7-20-23(9-11)10-4-5-13(14(6-10)26(2,3)24)21-15-12(17)8-19-16(18)22-15;1-10-8-12(13(17-3)9-11(10)14)16-6-4-15(2)5-7-16;1-6-2-4-7(5-3-6)11(8,9)10;1-2-3-4-5/h8-9,14-19,21H,10-13H2,1-7H3,(H2,33,35,36,37);4-9H,1-3H3,(H,19,21,22);8-9H,4-7,14H2,1-3H3;2-5H,1H3,(H,8,9,10);5H,2-4H2,1H3. The molecule has 2 aliphatic heterocycles. The zero-order chi connectivity index (χ0) is 75.5. The van der Waals surface area contributed by atoms with Crippen molar-refractivity contribution in [2.75, 3.05) is 154 Å². The van der Waals surface area contributed by atoms with E-state index in [1.54, 1.807) is 114 Å². The monoisotopic (exact) mass is 1620 g/mol. The third-order valence-corrected chi connectivity index (χ3v) is 22.0. The molecule has 2 fully saturated rings. The highest BCUT2D eigenvalue weighted by molar-refractivity contribution is 9.11. The number of halogens is 3. The van der Waals surface area contributed by atoms with Crippen LogP contribution in [-0.2, 0) is 19.2 Å². The van der Waals surface area contributed by atoms with Crippen molar-refractivity contribution in [3.63, 3.8) is 0 Å². The van der Waals surface area contributed by atoms with Gasteiger partial charge in [0.25, 0.3) is 10.1 Å². The van der Waals surface area contributed by atoms with E-state index in [4.69, 9.17) is 50.9 Å². The molecule has 0 amide bonds. The average Bonchev–Trinajstić information content (AvgIpc) is 1.72. The number of unbranched alkanes of at least 4 members (excludes halogenated alkanes) is 1. The van der Waals surface area contributed by atoms with Gasteiger partial charge in [0, 0.05) is 98.4 Å². The Morgan fingerprint density at radius 1 is 0.641 bits per heavy atom. The predicted octanol–water partition coefficient (Wildman–Crippen LogP) is 13.5. The van der Waals surface area contributed by atoms with E-state index in [-0.39, 0.29) is 10.2 Å². The number of rotatable bonds is 20. The molecular formula is C71H95Br2ClN16O10P2S. The number of nitrogens with zero attached hydrogens (tertiary/aromatic N) is 12. The fraction of sp³-hybridized carbons (Fsp3) is 0.380. The fourth-order valence-electron chi connectivity index (χ4n) is 10.7. The van der Waals surface area contributed by atoms with Crippen molar-refractivity contribution in [3.8, 4) is 34.4 Å². The second kappa shape index (κ2) is 37.7. The van der Waals surface area contributed by atoms with Gasteiger partial charge < -0.3 is 74.5 Å². The summed E-state index contributed by atoms with van der Waals surface area (Å²) in [6.07, 6.45) is 14.3. The minimum Gasteiger partial charge on any atom is -0.495 e. The normalized spacial score (nSPS) is 13.4. The molecule has 7 N–H and O–H groups in total. The Labute approximate surface area is 626 Å². The lowest BCUT2D eigenvalue weighted by Gasteiger charge is -2.37. The lowest BCUT2D eigenvalue weighted by molar-refractivity contribution is 0.249. The highest BCUT2D eigenvalue weighted by Gasteiger charge is 2.26. The van der Waals surface area contributed by atoms with E-state index in [1.807, 2.05) is 62.4 Å². The van der Waals surface area contributed by atoms with Gasteiger partial charge in [-0.15, -0.1) is 0 Å². The molecule has 9 aromatic rings. The van der Waals surface area contributed by atoms with Gasteiger partial charge in [-0.2, -0.15) is 28.6 Å². The smallest absolute Gasteiger partial charge is 0.294 e. The molecule has 0 spiro atoms. The molecule has 5 aromatic carbocycles. The van der Waals surface area contributed by atoms with Gasteiger partial charge in [-0.05, 0) is 203 Å². The van der Waals surface area contributed by atoms with Crippen LogP contribution in [0.3, 0.4) is 0 Å². The van der Waals surface area contributed by atoms with Crippen molar-refractivity contribution < 1.29 is 46.2 Å². The maximum Gasteiger partial charge on any atom is 0.294 e. The molecule has 6 heterocycles. The minimum atomic E-state index is -4.02. The molecule has 0 bridgehead atoms. The second-order valence-corrected chi connectivity index (χ2v) is 35.2. The van der Waals surface area contributed by atoms with Gasteiger partial charge in [0.05, 0.1) is 101 Å². The van der Waals surface area contributed by atoms with Crippen LogP contribution in [0.4, 0.5) is 51.7 Å². The Hall–Kier alpha value is -7.82. The Morgan fingerprint density at radius 3 is 1.57 bits per heavy atom. The summed E-state index contributed by atoms with van der Waals surface area (Å²) in [5.74, 6) is 4.41. The number of benzene rings is 5. The van der Waals surface area contributed by atoms with E-state index in [2.05, 4.69) is 140 Å². The summed E-state index contributed by atoms with van der Waals surface area (Å²) in [7, 11) is 3.73. The largest absolute Gasteiger partial charge is 0.495 e.